The van der Waals surface area contributed by atoms with E-state index in [1.807, 2.05) is 0 Å². The Labute approximate surface area is 149 Å². The van der Waals surface area contributed by atoms with Gasteiger partial charge in [0, 0.05) is 12.5 Å². The van der Waals surface area contributed by atoms with Gasteiger partial charge < -0.3 is 0 Å². The summed E-state index contributed by atoms with van der Waals surface area (Å²) in [5.41, 5.74) is -0.198. The van der Waals surface area contributed by atoms with Crippen LogP contribution in [0, 0.1) is 11.3 Å². The molecule has 26 heavy (non-hydrogen) atoms. The van der Waals surface area contributed by atoms with Crippen LogP contribution in [0.15, 0.2) is 12.1 Å². The molecule has 4 rings (SSSR count). The molecule has 0 radical (unpaired) electrons. The molecule has 2 fully saturated rings. The third-order valence-electron chi connectivity index (χ3n) is 5.67. The molecular formula is C18H21F3N4O. The van der Waals surface area contributed by atoms with E-state index in [0.29, 0.717) is 23.8 Å². The van der Waals surface area contributed by atoms with Crippen molar-refractivity contribution in [2.75, 3.05) is 5.32 Å². The van der Waals surface area contributed by atoms with Crippen molar-refractivity contribution in [1.82, 2.24) is 14.5 Å². The monoisotopic (exact) mass is 366 g/mol. The molecule has 0 spiro atoms. The number of carbonyl (C=O) groups excluding carboxylic acids is 1. The quantitative estimate of drug-likeness (QED) is 0.864. The Hall–Kier alpha value is -2.12. The summed E-state index contributed by atoms with van der Waals surface area (Å²) in [5, 5.41) is 2.81. The smallest absolute Gasteiger partial charge is 0.296 e. The summed E-state index contributed by atoms with van der Waals surface area (Å²) in [6.07, 6.45) is -0.390. The highest BCUT2D eigenvalue weighted by Gasteiger charge is 2.46. The van der Waals surface area contributed by atoms with E-state index in [0.717, 1.165) is 31.7 Å². The SMILES string of the molecule is CC1(C)CC1CC(=O)Nc1nc2ccc(C(F)(F)F)nc2n1C1CCC1. The van der Waals surface area contributed by atoms with Crippen molar-refractivity contribution < 1.29 is 18.0 Å². The van der Waals surface area contributed by atoms with Gasteiger partial charge in [-0.25, -0.2) is 9.97 Å². The summed E-state index contributed by atoms with van der Waals surface area (Å²) >= 11 is 0. The third-order valence-corrected chi connectivity index (χ3v) is 5.67. The second-order valence-corrected chi connectivity index (χ2v) is 8.07. The molecule has 2 aliphatic carbocycles. The second-order valence-electron chi connectivity index (χ2n) is 8.07. The van der Waals surface area contributed by atoms with Crippen LogP contribution in [0.3, 0.4) is 0 Å². The second kappa shape index (κ2) is 5.69. The van der Waals surface area contributed by atoms with Crippen LogP contribution in [-0.2, 0) is 11.0 Å². The predicted octanol–water partition coefficient (Wildman–Crippen LogP) is 4.55. The largest absolute Gasteiger partial charge is 0.433 e. The van der Waals surface area contributed by atoms with E-state index < -0.39 is 11.9 Å². The Morgan fingerprint density at radius 1 is 1.31 bits per heavy atom. The maximum Gasteiger partial charge on any atom is 0.433 e. The van der Waals surface area contributed by atoms with Gasteiger partial charge >= 0.3 is 6.18 Å². The number of halogens is 3. The lowest BCUT2D eigenvalue weighted by Gasteiger charge is -2.28. The molecule has 0 bridgehead atoms. The summed E-state index contributed by atoms with van der Waals surface area (Å²) in [4.78, 5) is 20.5. The minimum atomic E-state index is -4.51. The number of hydrogen-bond acceptors (Lipinski definition) is 3. The van der Waals surface area contributed by atoms with Crippen molar-refractivity contribution in [3.63, 3.8) is 0 Å². The average Bonchev–Trinajstić information content (AvgIpc) is 2.92. The molecule has 2 heterocycles. The molecule has 1 atom stereocenters. The number of nitrogens with zero attached hydrogens (tertiary/aromatic N) is 3. The molecule has 140 valence electrons. The number of pyridine rings is 1. The van der Waals surface area contributed by atoms with Crippen LogP contribution in [-0.4, -0.2) is 20.4 Å². The number of anilines is 1. The van der Waals surface area contributed by atoms with Crippen molar-refractivity contribution in [1.29, 1.82) is 0 Å². The first-order valence-corrected chi connectivity index (χ1v) is 8.91. The normalized spacial score (nSPS) is 22.3. The Kier molecular flexibility index (Phi) is 3.79. The van der Waals surface area contributed by atoms with Crippen molar-refractivity contribution in [3.05, 3.63) is 17.8 Å². The summed E-state index contributed by atoms with van der Waals surface area (Å²) in [7, 11) is 0. The van der Waals surface area contributed by atoms with E-state index in [2.05, 4.69) is 29.1 Å². The number of rotatable bonds is 4. The highest BCUT2D eigenvalue weighted by atomic mass is 19.4. The van der Waals surface area contributed by atoms with E-state index >= 15 is 0 Å². The molecule has 2 aliphatic rings. The van der Waals surface area contributed by atoms with Gasteiger partial charge in [-0.3, -0.25) is 14.7 Å². The Bertz CT molecular complexity index is 867. The molecule has 1 amide bonds. The van der Waals surface area contributed by atoms with Crippen molar-refractivity contribution >= 4 is 23.0 Å². The standard InChI is InChI=1S/C18H21F3N4O/c1-17(2)9-10(17)8-14(26)24-16-22-12-6-7-13(18(19,20)21)23-15(12)25(16)11-4-3-5-11/h6-7,10-11H,3-5,8-9H2,1-2H3,(H,22,24,26). The highest BCUT2D eigenvalue weighted by molar-refractivity contribution is 5.91. The van der Waals surface area contributed by atoms with Crippen LogP contribution in [0.25, 0.3) is 11.2 Å². The number of aromatic nitrogens is 3. The van der Waals surface area contributed by atoms with Gasteiger partial charge in [0.05, 0.1) is 0 Å². The molecule has 0 aliphatic heterocycles. The number of carbonyl (C=O) groups is 1. The summed E-state index contributed by atoms with van der Waals surface area (Å²) < 4.78 is 40.7. The number of alkyl halides is 3. The van der Waals surface area contributed by atoms with Crippen LogP contribution in [0.5, 0.6) is 0 Å². The van der Waals surface area contributed by atoms with Gasteiger partial charge in [0.25, 0.3) is 0 Å². The summed E-state index contributed by atoms with van der Waals surface area (Å²) in [5.74, 6) is 0.506. The summed E-state index contributed by atoms with van der Waals surface area (Å²) in [6.45, 7) is 4.24. The van der Waals surface area contributed by atoms with Gasteiger partial charge in [-0.05, 0) is 49.1 Å². The Morgan fingerprint density at radius 3 is 2.54 bits per heavy atom. The fourth-order valence-corrected chi connectivity index (χ4v) is 3.53. The van der Waals surface area contributed by atoms with Crippen LogP contribution < -0.4 is 5.32 Å². The number of amides is 1. The van der Waals surface area contributed by atoms with E-state index in [1.54, 1.807) is 4.57 Å². The van der Waals surface area contributed by atoms with Crippen molar-refractivity contribution in [3.8, 4) is 0 Å². The molecule has 0 aromatic carbocycles. The van der Waals surface area contributed by atoms with Gasteiger partial charge in [0.1, 0.15) is 11.2 Å². The molecule has 2 aromatic heterocycles. The first-order valence-electron chi connectivity index (χ1n) is 8.91. The first-order chi connectivity index (χ1) is 12.1. The van der Waals surface area contributed by atoms with Crippen molar-refractivity contribution in [2.24, 2.45) is 11.3 Å². The molecule has 8 heteroatoms. The number of fused-ring (bicyclic) bond motifs is 1. The molecule has 1 N–H and O–H groups in total. The molecule has 5 nitrogen and oxygen atoms in total. The zero-order valence-electron chi connectivity index (χ0n) is 14.7. The third kappa shape index (κ3) is 3.05. The summed E-state index contributed by atoms with van der Waals surface area (Å²) in [6, 6.07) is 2.28. The van der Waals surface area contributed by atoms with E-state index in [9.17, 15) is 18.0 Å². The average molecular weight is 366 g/mol. The maximum absolute atomic E-state index is 13.0. The van der Waals surface area contributed by atoms with Gasteiger partial charge in [-0.15, -0.1) is 0 Å². The predicted molar refractivity (Wildman–Crippen MR) is 90.6 cm³/mol. The lowest BCUT2D eigenvalue weighted by molar-refractivity contribution is -0.141. The first kappa shape index (κ1) is 17.3. The van der Waals surface area contributed by atoms with Gasteiger partial charge in [-0.2, -0.15) is 13.2 Å². The maximum atomic E-state index is 13.0. The van der Waals surface area contributed by atoms with Crippen LogP contribution >= 0.6 is 0 Å². The lowest BCUT2D eigenvalue weighted by Crippen LogP contribution is -2.23. The molecule has 0 saturated heterocycles. The minimum Gasteiger partial charge on any atom is -0.296 e. The number of hydrogen-bond donors (Lipinski definition) is 1. The highest BCUT2D eigenvalue weighted by Crippen LogP contribution is 2.53. The number of nitrogens with one attached hydrogen (secondary N) is 1. The fourth-order valence-electron chi connectivity index (χ4n) is 3.53. The van der Waals surface area contributed by atoms with Crippen LogP contribution in [0.2, 0.25) is 0 Å². The minimum absolute atomic E-state index is 0.0312. The van der Waals surface area contributed by atoms with Crippen LogP contribution in [0.1, 0.15) is 57.7 Å². The van der Waals surface area contributed by atoms with E-state index in [1.165, 1.54) is 6.07 Å². The van der Waals surface area contributed by atoms with E-state index in [-0.39, 0.29) is 23.0 Å². The van der Waals surface area contributed by atoms with E-state index in [4.69, 9.17) is 0 Å². The van der Waals surface area contributed by atoms with Crippen molar-refractivity contribution in [2.45, 2.75) is 58.2 Å². The Balaban J connectivity index is 1.66. The lowest BCUT2D eigenvalue weighted by atomic mass is 9.93. The fraction of sp³-hybridized carbons (Fsp3) is 0.611. The zero-order chi connectivity index (χ0) is 18.7. The van der Waals surface area contributed by atoms with Gasteiger partial charge in [0.2, 0.25) is 11.9 Å². The zero-order valence-corrected chi connectivity index (χ0v) is 14.7. The van der Waals surface area contributed by atoms with Gasteiger partial charge in [0.15, 0.2) is 5.65 Å². The topological polar surface area (TPSA) is 59.8 Å². The number of imidazole rings is 1. The molecule has 2 aromatic rings. The molecule has 2 saturated carbocycles. The molecular weight excluding hydrogens is 345 g/mol. The van der Waals surface area contributed by atoms with Crippen LogP contribution in [0.4, 0.5) is 19.1 Å². The Morgan fingerprint density at radius 2 is 2.00 bits per heavy atom. The van der Waals surface area contributed by atoms with Gasteiger partial charge in [-0.1, -0.05) is 13.8 Å². The molecule has 1 unspecified atom stereocenters.